The van der Waals surface area contributed by atoms with Crippen molar-refractivity contribution in [3.05, 3.63) is 71.8 Å². The van der Waals surface area contributed by atoms with Crippen molar-refractivity contribution in [1.82, 2.24) is 0 Å². The number of aryl methyl sites for hydroxylation is 1. The van der Waals surface area contributed by atoms with Gasteiger partial charge in [0.15, 0.2) is 0 Å². The van der Waals surface area contributed by atoms with Crippen molar-refractivity contribution in [2.24, 2.45) is 0 Å². The van der Waals surface area contributed by atoms with E-state index in [0.29, 0.717) is 12.8 Å². The molecule has 166 valence electrons. The highest BCUT2D eigenvalue weighted by atomic mass is 31.2. The molecule has 0 fully saturated rings. The first kappa shape index (κ1) is 24.8. The van der Waals surface area contributed by atoms with Crippen LogP contribution < -0.4 is 0 Å². The fourth-order valence-electron chi connectivity index (χ4n) is 3.69. The minimum atomic E-state index is -3.46. The molecule has 2 aromatic carbocycles. The van der Waals surface area contributed by atoms with Crippen molar-refractivity contribution in [2.45, 2.75) is 76.7 Å². The third kappa shape index (κ3) is 8.35. The van der Waals surface area contributed by atoms with Crippen LogP contribution in [0.5, 0.6) is 0 Å². The fraction of sp³-hybridized carbons (Fsp3) is 0.520. The van der Waals surface area contributed by atoms with E-state index in [1.165, 1.54) is 20.0 Å². The quantitative estimate of drug-likeness (QED) is 0.249. The van der Waals surface area contributed by atoms with E-state index in [1.54, 1.807) is 0 Å². The zero-order chi connectivity index (χ0) is 21.7. The van der Waals surface area contributed by atoms with Gasteiger partial charge in [0.2, 0.25) is 0 Å². The largest absolute Gasteiger partial charge is 0.392 e. The summed E-state index contributed by atoms with van der Waals surface area (Å²) < 4.78 is 24.9. The van der Waals surface area contributed by atoms with Gasteiger partial charge in [-0.15, -0.1) is 0 Å². The number of hydrogen-bond donors (Lipinski definition) is 1. The highest BCUT2D eigenvalue weighted by molar-refractivity contribution is 7.54. The molecule has 0 aliphatic rings. The summed E-state index contributed by atoms with van der Waals surface area (Å²) in [5.41, 5.74) is 1.59. The van der Waals surface area contributed by atoms with Crippen molar-refractivity contribution in [3.63, 3.8) is 0 Å². The van der Waals surface area contributed by atoms with Gasteiger partial charge in [-0.25, -0.2) is 0 Å². The van der Waals surface area contributed by atoms with Gasteiger partial charge in [-0.2, -0.15) is 0 Å². The maximum Gasteiger partial charge on any atom is 0.336 e. The Kier molecular flexibility index (Phi) is 11.4. The molecular weight excluding hydrogens is 395 g/mol. The summed E-state index contributed by atoms with van der Waals surface area (Å²) in [7, 11) is -2.03. The monoisotopic (exact) mass is 432 g/mol. The standard InChI is InChI=1S/C25H37O4P/c1-3-4-5-6-13-18-25(24(26)20-19-22-14-9-7-10-15-22)30(27,28-2)29-21-23-16-11-8-12-17-23/h7-12,14-17,24-26H,3-6,13,18-21H2,1-2H3. The molecule has 0 spiro atoms. The van der Waals surface area contributed by atoms with Crippen LogP contribution in [0.3, 0.4) is 0 Å². The van der Waals surface area contributed by atoms with E-state index < -0.39 is 19.4 Å². The molecule has 0 aromatic heterocycles. The Bertz CT molecular complexity index is 735. The summed E-state index contributed by atoms with van der Waals surface area (Å²) >= 11 is 0. The molecule has 0 saturated carbocycles. The Balaban J connectivity index is 2.04. The number of benzene rings is 2. The molecule has 2 rings (SSSR count). The third-order valence-corrected chi connectivity index (χ3v) is 7.95. The van der Waals surface area contributed by atoms with E-state index in [4.69, 9.17) is 9.05 Å². The van der Waals surface area contributed by atoms with Crippen LogP contribution in [0.4, 0.5) is 0 Å². The molecule has 3 unspecified atom stereocenters. The second-order valence-electron chi connectivity index (χ2n) is 7.84. The van der Waals surface area contributed by atoms with E-state index in [9.17, 15) is 9.67 Å². The molecule has 1 N–H and O–H groups in total. The van der Waals surface area contributed by atoms with Gasteiger partial charge >= 0.3 is 7.60 Å². The first-order valence-electron chi connectivity index (χ1n) is 11.1. The van der Waals surface area contributed by atoms with Crippen LogP contribution in [0.2, 0.25) is 0 Å². The summed E-state index contributed by atoms with van der Waals surface area (Å²) in [5.74, 6) is 0. The van der Waals surface area contributed by atoms with E-state index in [0.717, 1.165) is 36.8 Å². The smallest absolute Gasteiger partial charge is 0.336 e. The highest BCUT2D eigenvalue weighted by Crippen LogP contribution is 2.56. The van der Waals surface area contributed by atoms with Crippen molar-refractivity contribution >= 4 is 7.60 Å². The van der Waals surface area contributed by atoms with Crippen LogP contribution in [-0.2, 0) is 26.6 Å². The predicted molar refractivity (Wildman–Crippen MR) is 124 cm³/mol. The second-order valence-corrected chi connectivity index (χ2v) is 10.2. The van der Waals surface area contributed by atoms with Gasteiger partial charge < -0.3 is 14.2 Å². The zero-order valence-corrected chi connectivity index (χ0v) is 19.3. The molecule has 5 heteroatoms. The SMILES string of the molecule is CCCCCCCC(C(O)CCc1ccccc1)P(=O)(OC)OCc1ccccc1. The van der Waals surface area contributed by atoms with E-state index in [2.05, 4.69) is 6.92 Å². The molecule has 30 heavy (non-hydrogen) atoms. The number of unbranched alkanes of at least 4 members (excludes halogenated alkanes) is 4. The van der Waals surface area contributed by atoms with Crippen LogP contribution in [-0.4, -0.2) is 24.0 Å². The van der Waals surface area contributed by atoms with Gasteiger partial charge in [-0.1, -0.05) is 99.7 Å². The maximum absolute atomic E-state index is 13.6. The number of aliphatic hydroxyl groups excluding tert-OH is 1. The lowest BCUT2D eigenvalue weighted by Crippen LogP contribution is -2.28. The summed E-state index contributed by atoms with van der Waals surface area (Å²) in [4.78, 5) is 0. The lowest BCUT2D eigenvalue weighted by molar-refractivity contribution is 0.128. The average Bonchev–Trinajstić information content (AvgIpc) is 2.79. The summed E-state index contributed by atoms with van der Waals surface area (Å²) in [5, 5.41) is 11.0. The number of rotatable bonds is 15. The lowest BCUT2D eigenvalue weighted by atomic mass is 10.0. The molecule has 0 saturated heterocycles. The van der Waals surface area contributed by atoms with Gasteiger partial charge in [0.1, 0.15) is 0 Å². The fourth-order valence-corrected chi connectivity index (χ4v) is 5.66. The Morgan fingerprint density at radius 3 is 2.07 bits per heavy atom. The van der Waals surface area contributed by atoms with Gasteiger partial charge in [-0.3, -0.25) is 4.57 Å². The van der Waals surface area contributed by atoms with Gasteiger partial charge in [0, 0.05) is 7.11 Å². The van der Waals surface area contributed by atoms with Crippen LogP contribution in [0.1, 0.15) is 63.0 Å². The first-order chi connectivity index (χ1) is 14.6. The Hall–Kier alpha value is -1.45. The average molecular weight is 433 g/mol. The molecule has 0 aliphatic carbocycles. The van der Waals surface area contributed by atoms with E-state index >= 15 is 0 Å². The van der Waals surface area contributed by atoms with Crippen molar-refractivity contribution in [1.29, 1.82) is 0 Å². The van der Waals surface area contributed by atoms with Crippen molar-refractivity contribution in [3.8, 4) is 0 Å². The molecule has 0 bridgehead atoms. The summed E-state index contributed by atoms with van der Waals surface area (Å²) in [6.45, 7) is 2.40. The predicted octanol–water partition coefficient (Wildman–Crippen LogP) is 6.77. The molecule has 0 amide bonds. The number of aliphatic hydroxyl groups is 1. The molecular formula is C25H37O4P. The molecule has 3 atom stereocenters. The normalized spacial score (nSPS) is 15.4. The van der Waals surface area contributed by atoms with Crippen LogP contribution in [0, 0.1) is 0 Å². The Morgan fingerprint density at radius 1 is 0.867 bits per heavy atom. The number of hydrogen-bond acceptors (Lipinski definition) is 4. The molecule has 0 heterocycles. The third-order valence-electron chi connectivity index (χ3n) is 5.53. The minimum Gasteiger partial charge on any atom is -0.392 e. The summed E-state index contributed by atoms with van der Waals surface area (Å²) in [6.07, 6.45) is 6.69. The minimum absolute atomic E-state index is 0.212. The molecule has 0 radical (unpaired) electrons. The Morgan fingerprint density at radius 2 is 1.47 bits per heavy atom. The van der Waals surface area contributed by atoms with Gasteiger partial charge in [0.25, 0.3) is 0 Å². The van der Waals surface area contributed by atoms with Gasteiger partial charge in [-0.05, 0) is 30.4 Å². The lowest BCUT2D eigenvalue weighted by Gasteiger charge is -2.29. The maximum atomic E-state index is 13.6. The first-order valence-corrected chi connectivity index (χ1v) is 12.8. The second kappa shape index (κ2) is 13.8. The van der Waals surface area contributed by atoms with E-state index in [1.807, 2.05) is 60.7 Å². The van der Waals surface area contributed by atoms with Crippen LogP contribution >= 0.6 is 7.60 Å². The van der Waals surface area contributed by atoms with Crippen LogP contribution in [0.25, 0.3) is 0 Å². The Labute approximate surface area is 182 Å². The molecule has 0 aliphatic heterocycles. The van der Waals surface area contributed by atoms with E-state index in [-0.39, 0.29) is 6.61 Å². The van der Waals surface area contributed by atoms with Crippen LogP contribution in [0.15, 0.2) is 60.7 Å². The summed E-state index contributed by atoms with van der Waals surface area (Å²) in [6, 6.07) is 19.7. The molecule has 4 nitrogen and oxygen atoms in total. The zero-order valence-electron chi connectivity index (χ0n) is 18.4. The van der Waals surface area contributed by atoms with Crippen molar-refractivity contribution in [2.75, 3.05) is 7.11 Å². The molecule has 2 aromatic rings. The van der Waals surface area contributed by atoms with Crippen molar-refractivity contribution < 1.29 is 18.7 Å². The topological polar surface area (TPSA) is 55.8 Å². The highest BCUT2D eigenvalue weighted by Gasteiger charge is 2.39. The van der Waals surface area contributed by atoms with Gasteiger partial charge in [0.05, 0.1) is 18.4 Å².